The number of hydrogen-bond acceptors (Lipinski definition) is 15. The summed E-state index contributed by atoms with van der Waals surface area (Å²) < 4.78 is 0. The number of carbonyl (C=O) groups excluding carboxylic acids is 6. The first-order chi connectivity index (χ1) is 20.4. The standard InChI is InChI=1S/3C9H17NO5.Bi/c3*1-9(2,5-11)7(14)8(15)10-4-3-6(12)13;/h3*7,11,14H,3-5H2,1-2H3,(H,10,15)(H,12,13);/q;;;+3/p-3/t3*7-;/m000./s1. The maximum absolute atomic E-state index is 11.2. The van der Waals surface area contributed by atoms with Gasteiger partial charge in [0.25, 0.3) is 0 Å². The van der Waals surface area contributed by atoms with E-state index in [1.165, 1.54) is 41.5 Å². The topological polar surface area (TPSA) is 329 Å². The van der Waals surface area contributed by atoms with E-state index >= 15 is 0 Å². The van der Waals surface area contributed by atoms with Crippen LogP contribution in [0.1, 0.15) is 60.8 Å². The van der Waals surface area contributed by atoms with E-state index in [0.717, 1.165) is 0 Å². The first-order valence-electron chi connectivity index (χ1n) is 13.7. The zero-order chi connectivity index (χ0) is 36.2. The van der Waals surface area contributed by atoms with Crippen LogP contribution < -0.4 is 31.3 Å². The average Bonchev–Trinajstić information content (AvgIpc) is 2.95. The number of aliphatic hydroxyl groups is 6. The van der Waals surface area contributed by atoms with Gasteiger partial charge in [0.05, 0.1) is 19.8 Å². The monoisotopic (exact) mass is 863 g/mol. The molecule has 3 atom stereocenters. The van der Waals surface area contributed by atoms with Gasteiger partial charge in [0.1, 0.15) is 18.3 Å². The molecule has 18 nitrogen and oxygen atoms in total. The van der Waals surface area contributed by atoms with Gasteiger partial charge in [-0.2, -0.15) is 0 Å². The van der Waals surface area contributed by atoms with E-state index < -0.39 is 70.2 Å². The number of amides is 3. The molecule has 0 saturated heterocycles. The Bertz CT molecular complexity index is 842. The van der Waals surface area contributed by atoms with Gasteiger partial charge in [0.15, 0.2) is 0 Å². The molecular formula is C27H48BiN3O15. The van der Waals surface area contributed by atoms with Crippen molar-refractivity contribution in [1.29, 1.82) is 0 Å². The van der Waals surface area contributed by atoms with Crippen molar-refractivity contribution in [2.45, 2.75) is 79.1 Å². The van der Waals surface area contributed by atoms with Gasteiger partial charge >= 0.3 is 26.2 Å². The first kappa shape index (κ1) is 50.3. The third-order valence-corrected chi connectivity index (χ3v) is 6.07. The van der Waals surface area contributed by atoms with E-state index in [9.17, 15) is 59.4 Å². The van der Waals surface area contributed by atoms with Gasteiger partial charge in [-0.15, -0.1) is 0 Å². The van der Waals surface area contributed by atoms with Crippen molar-refractivity contribution in [3.05, 3.63) is 0 Å². The molecule has 0 aliphatic rings. The molecule has 0 saturated carbocycles. The van der Waals surface area contributed by atoms with Gasteiger partial charge in [-0.25, -0.2) is 0 Å². The maximum atomic E-state index is 11.2. The van der Waals surface area contributed by atoms with Crippen molar-refractivity contribution in [2.24, 2.45) is 16.2 Å². The summed E-state index contributed by atoms with van der Waals surface area (Å²) in [6.07, 6.45) is -5.04. The van der Waals surface area contributed by atoms with Gasteiger partial charge in [-0.3, -0.25) is 14.4 Å². The third kappa shape index (κ3) is 22.9. The van der Waals surface area contributed by atoms with Crippen LogP contribution in [-0.2, 0) is 28.8 Å². The van der Waals surface area contributed by atoms with Crippen LogP contribution in [0.3, 0.4) is 0 Å². The molecular weight excluding hydrogens is 815 g/mol. The van der Waals surface area contributed by atoms with Crippen LogP contribution in [0.2, 0.25) is 0 Å². The number of carbonyl (C=O) groups is 6. The van der Waals surface area contributed by atoms with Crippen LogP contribution in [0.5, 0.6) is 0 Å². The number of carboxylic acids is 3. The zero-order valence-electron chi connectivity index (χ0n) is 26.9. The molecule has 0 aromatic carbocycles. The molecule has 0 aliphatic heterocycles. The summed E-state index contributed by atoms with van der Waals surface area (Å²) in [5, 5.41) is 91.9. The Hall–Kier alpha value is -2.54. The summed E-state index contributed by atoms with van der Waals surface area (Å²) in [6, 6.07) is 0. The molecule has 19 heteroatoms. The second-order valence-electron chi connectivity index (χ2n) is 11.9. The summed E-state index contributed by atoms with van der Waals surface area (Å²) in [5.41, 5.74) is -2.86. The summed E-state index contributed by atoms with van der Waals surface area (Å²) in [7, 11) is 0. The van der Waals surface area contributed by atoms with Gasteiger partial charge in [0.2, 0.25) is 17.7 Å². The second-order valence-corrected chi connectivity index (χ2v) is 11.9. The fourth-order valence-electron chi connectivity index (χ4n) is 2.48. The molecule has 0 rings (SSSR count). The summed E-state index contributed by atoms with van der Waals surface area (Å²) >= 11 is 0. The number of hydrogen-bond donors (Lipinski definition) is 9. The zero-order valence-corrected chi connectivity index (χ0v) is 30.4. The van der Waals surface area contributed by atoms with Crippen LogP contribution in [0.4, 0.5) is 0 Å². The quantitative estimate of drug-likeness (QED) is 0.0578. The van der Waals surface area contributed by atoms with Crippen molar-refractivity contribution in [1.82, 2.24) is 16.0 Å². The van der Waals surface area contributed by atoms with Crippen molar-refractivity contribution >= 4 is 61.8 Å². The number of aliphatic hydroxyl groups excluding tert-OH is 6. The minimum atomic E-state index is -1.37. The minimum Gasteiger partial charge on any atom is -0.550 e. The Morgan fingerprint density at radius 2 is 0.674 bits per heavy atom. The fraction of sp³-hybridized carbons (Fsp3) is 0.778. The Labute approximate surface area is 286 Å². The fourth-order valence-corrected chi connectivity index (χ4v) is 2.48. The Balaban J connectivity index is -0.000000285. The molecule has 0 aromatic rings. The number of carboxylic acid groups (broad SMARTS) is 3. The molecule has 2 radical (unpaired) electrons. The number of aliphatic carboxylic acids is 3. The SMILES string of the molecule is CC(C)(CO)[C@@H](O)C(=O)NCCC(=O)[O-].CC(C)(CO)[C@@H](O)C(=O)NCCC(=O)[O-].CC(C)(CO)[C@@H](O)C(=O)NCCC(=O)[O-].[Bi+3]. The molecule has 0 spiro atoms. The summed E-state index contributed by atoms with van der Waals surface area (Å²) in [4.78, 5) is 63.8. The average molecular weight is 864 g/mol. The molecule has 0 heterocycles. The van der Waals surface area contributed by atoms with Crippen LogP contribution in [0.25, 0.3) is 0 Å². The predicted octanol–water partition coefficient (Wildman–Crippen LogP) is -7.51. The molecule has 266 valence electrons. The van der Waals surface area contributed by atoms with Crippen LogP contribution in [0.15, 0.2) is 0 Å². The third-order valence-electron chi connectivity index (χ3n) is 6.07. The normalized spacial score (nSPS) is 13.0. The van der Waals surface area contributed by atoms with Crippen LogP contribution in [-0.4, -0.2) is 150 Å². The van der Waals surface area contributed by atoms with E-state index in [1.54, 1.807) is 0 Å². The minimum absolute atomic E-state index is 0. The largest absolute Gasteiger partial charge is 3.00 e. The molecule has 46 heavy (non-hydrogen) atoms. The van der Waals surface area contributed by atoms with Crippen LogP contribution in [0, 0.1) is 16.2 Å². The van der Waals surface area contributed by atoms with Gasteiger partial charge in [-0.05, 0) is 0 Å². The Morgan fingerprint density at radius 1 is 0.500 bits per heavy atom. The molecule has 9 N–H and O–H groups in total. The number of rotatable bonds is 18. The Morgan fingerprint density at radius 3 is 0.804 bits per heavy atom. The summed E-state index contributed by atoms with van der Waals surface area (Å²) in [5.74, 6) is -5.91. The van der Waals surface area contributed by atoms with Gasteiger partial charge in [-0.1, -0.05) is 41.5 Å². The van der Waals surface area contributed by atoms with E-state index in [4.69, 9.17) is 15.3 Å². The second kappa shape index (κ2) is 24.6. The van der Waals surface area contributed by atoms with E-state index in [0.29, 0.717) is 0 Å². The summed E-state index contributed by atoms with van der Waals surface area (Å²) in [6.45, 7) is 7.81. The molecule has 0 aliphatic carbocycles. The van der Waals surface area contributed by atoms with Crippen molar-refractivity contribution in [2.75, 3.05) is 39.5 Å². The first-order valence-corrected chi connectivity index (χ1v) is 13.7. The maximum Gasteiger partial charge on any atom is 3.00 e. The molecule has 0 bridgehead atoms. The molecule has 0 unspecified atom stereocenters. The molecule has 0 fully saturated rings. The van der Waals surface area contributed by atoms with Crippen molar-refractivity contribution < 1.29 is 74.7 Å². The van der Waals surface area contributed by atoms with Crippen molar-refractivity contribution in [3.8, 4) is 0 Å². The van der Waals surface area contributed by atoms with Gasteiger partial charge < -0.3 is 76.3 Å². The van der Waals surface area contributed by atoms with Crippen LogP contribution >= 0.6 is 0 Å². The van der Waals surface area contributed by atoms with E-state index in [-0.39, 0.29) is 84.9 Å². The van der Waals surface area contributed by atoms with Gasteiger partial charge in [0, 0.05) is 73.0 Å². The molecule has 0 aromatic heterocycles. The number of nitrogens with one attached hydrogen (secondary N) is 3. The smallest absolute Gasteiger partial charge is 0.550 e. The Kier molecular flexibility index (Phi) is 26.9. The predicted molar refractivity (Wildman–Crippen MR) is 154 cm³/mol. The molecule has 3 amide bonds. The van der Waals surface area contributed by atoms with E-state index in [1.807, 2.05) is 0 Å². The van der Waals surface area contributed by atoms with Crippen molar-refractivity contribution in [3.63, 3.8) is 0 Å². The van der Waals surface area contributed by atoms with E-state index in [2.05, 4.69) is 16.0 Å².